The highest BCUT2D eigenvalue weighted by Gasteiger charge is 2.06. The Morgan fingerprint density at radius 1 is 1.17 bits per heavy atom. The smallest absolute Gasteiger partial charge is 0.241 e. The highest BCUT2D eigenvalue weighted by molar-refractivity contribution is 14.0. The monoisotopic (exact) mass is 442 g/mol. The lowest BCUT2D eigenvalue weighted by atomic mass is 10.1. The molecule has 0 saturated carbocycles. The van der Waals surface area contributed by atoms with Crippen molar-refractivity contribution in [1.82, 2.24) is 16.0 Å². The Balaban J connectivity index is 0. The van der Waals surface area contributed by atoms with E-state index in [9.17, 15) is 4.79 Å². The van der Waals surface area contributed by atoms with Gasteiger partial charge in [0, 0.05) is 26.2 Å². The van der Waals surface area contributed by atoms with Crippen molar-refractivity contribution in [2.45, 2.75) is 58.9 Å². The van der Waals surface area contributed by atoms with Crippen LogP contribution in [0.15, 0.2) is 4.99 Å². The van der Waals surface area contributed by atoms with E-state index in [-0.39, 0.29) is 36.4 Å². The highest BCUT2D eigenvalue weighted by atomic mass is 127. The summed E-state index contributed by atoms with van der Waals surface area (Å²) in [4.78, 5) is 15.9. The average molecular weight is 442 g/mol. The summed E-state index contributed by atoms with van der Waals surface area (Å²) in [6, 6.07) is 0.353. The van der Waals surface area contributed by atoms with Crippen molar-refractivity contribution in [2.75, 3.05) is 33.4 Å². The number of carbonyl (C=O) groups is 1. The molecule has 0 aliphatic carbocycles. The predicted octanol–water partition coefficient (Wildman–Crippen LogP) is 2.28. The number of nitrogens with one attached hydrogen (secondary N) is 3. The van der Waals surface area contributed by atoms with Gasteiger partial charge in [-0.05, 0) is 20.3 Å². The third-order valence-corrected chi connectivity index (χ3v) is 3.23. The molecule has 23 heavy (non-hydrogen) atoms. The van der Waals surface area contributed by atoms with E-state index < -0.39 is 0 Å². The highest BCUT2D eigenvalue weighted by Crippen LogP contribution is 2.05. The summed E-state index contributed by atoms with van der Waals surface area (Å²) in [5.41, 5.74) is 0. The summed E-state index contributed by atoms with van der Waals surface area (Å²) in [6.45, 7) is 8.32. The number of ether oxygens (including phenoxy) is 1. The molecule has 7 heteroatoms. The summed E-state index contributed by atoms with van der Waals surface area (Å²) >= 11 is 0. The second-order valence-corrected chi connectivity index (χ2v) is 5.43. The summed E-state index contributed by atoms with van der Waals surface area (Å²) < 4.78 is 4.89. The molecule has 3 N–H and O–H groups in total. The molecular weight excluding hydrogens is 407 g/mol. The van der Waals surface area contributed by atoms with Gasteiger partial charge in [0.15, 0.2) is 5.96 Å². The Labute approximate surface area is 158 Å². The van der Waals surface area contributed by atoms with E-state index in [1.165, 1.54) is 25.7 Å². The molecule has 0 rings (SSSR count). The first kappa shape index (κ1) is 24.7. The van der Waals surface area contributed by atoms with Crippen LogP contribution in [0.4, 0.5) is 0 Å². The van der Waals surface area contributed by atoms with Crippen LogP contribution < -0.4 is 16.0 Å². The number of amides is 1. The fourth-order valence-corrected chi connectivity index (χ4v) is 2.00. The third kappa shape index (κ3) is 16.1. The molecule has 0 aromatic heterocycles. The molecule has 138 valence electrons. The number of carbonyl (C=O) groups excluding carboxylic acids is 1. The number of guanidine groups is 1. The van der Waals surface area contributed by atoms with Gasteiger partial charge >= 0.3 is 0 Å². The Hall–Kier alpha value is -0.570. The lowest BCUT2D eigenvalue weighted by molar-refractivity contribution is -0.119. The maximum atomic E-state index is 11.6. The van der Waals surface area contributed by atoms with Crippen molar-refractivity contribution < 1.29 is 9.53 Å². The number of aliphatic imine (C=N–C) groups is 1. The van der Waals surface area contributed by atoms with E-state index in [1.807, 2.05) is 6.92 Å². The minimum absolute atomic E-state index is 0. The van der Waals surface area contributed by atoms with Gasteiger partial charge in [-0.1, -0.05) is 32.6 Å². The number of unbranched alkanes of at least 4 members (excludes halogenated alkanes) is 3. The van der Waals surface area contributed by atoms with Crippen LogP contribution in [-0.2, 0) is 9.53 Å². The van der Waals surface area contributed by atoms with Gasteiger partial charge in [-0.2, -0.15) is 0 Å². The van der Waals surface area contributed by atoms with Crippen LogP contribution in [0.2, 0.25) is 0 Å². The molecule has 0 heterocycles. The molecule has 6 nitrogen and oxygen atoms in total. The zero-order chi connectivity index (χ0) is 16.6. The Kier molecular flexibility index (Phi) is 19.1. The fraction of sp³-hybridized carbons (Fsp3) is 0.875. The van der Waals surface area contributed by atoms with Gasteiger partial charge in [0.2, 0.25) is 5.91 Å². The van der Waals surface area contributed by atoms with Crippen LogP contribution in [-0.4, -0.2) is 51.3 Å². The Morgan fingerprint density at radius 3 is 2.52 bits per heavy atom. The zero-order valence-corrected chi connectivity index (χ0v) is 17.4. The van der Waals surface area contributed by atoms with Crippen LogP contribution in [0.3, 0.4) is 0 Å². The minimum atomic E-state index is -0.0927. The molecule has 0 spiro atoms. The van der Waals surface area contributed by atoms with Gasteiger partial charge < -0.3 is 20.7 Å². The molecule has 0 aromatic rings. The molecule has 1 atom stereocenters. The second-order valence-electron chi connectivity index (χ2n) is 5.43. The molecular formula is C16H35IN4O2. The lowest BCUT2D eigenvalue weighted by Crippen LogP contribution is -2.43. The van der Waals surface area contributed by atoms with Gasteiger partial charge in [0.1, 0.15) is 6.54 Å². The normalized spacial score (nSPS) is 12.3. The molecule has 1 unspecified atom stereocenters. The summed E-state index contributed by atoms with van der Waals surface area (Å²) in [5, 5.41) is 9.28. The van der Waals surface area contributed by atoms with Crippen LogP contribution >= 0.6 is 24.0 Å². The molecule has 0 radical (unpaired) electrons. The maximum absolute atomic E-state index is 11.6. The number of rotatable bonds is 12. The van der Waals surface area contributed by atoms with Crippen molar-refractivity contribution in [3.05, 3.63) is 0 Å². The fourth-order valence-electron chi connectivity index (χ4n) is 2.00. The number of methoxy groups -OCH3 is 1. The number of halogens is 1. The molecule has 0 aliphatic rings. The lowest BCUT2D eigenvalue weighted by Gasteiger charge is -2.17. The van der Waals surface area contributed by atoms with E-state index in [0.717, 1.165) is 13.0 Å². The van der Waals surface area contributed by atoms with Crippen LogP contribution in [0.25, 0.3) is 0 Å². The van der Waals surface area contributed by atoms with Crippen molar-refractivity contribution in [3.8, 4) is 0 Å². The third-order valence-electron chi connectivity index (χ3n) is 3.23. The summed E-state index contributed by atoms with van der Waals surface area (Å²) in [7, 11) is 1.61. The largest absolute Gasteiger partial charge is 0.383 e. The van der Waals surface area contributed by atoms with Crippen LogP contribution in [0, 0.1) is 0 Å². The van der Waals surface area contributed by atoms with E-state index in [2.05, 4.69) is 34.8 Å². The van der Waals surface area contributed by atoms with Gasteiger partial charge in [-0.25, -0.2) is 4.99 Å². The van der Waals surface area contributed by atoms with E-state index in [0.29, 0.717) is 25.2 Å². The zero-order valence-electron chi connectivity index (χ0n) is 15.1. The average Bonchev–Trinajstić information content (AvgIpc) is 2.50. The summed E-state index contributed by atoms with van der Waals surface area (Å²) in [5.74, 6) is 0.609. The van der Waals surface area contributed by atoms with E-state index >= 15 is 0 Å². The van der Waals surface area contributed by atoms with Crippen molar-refractivity contribution in [3.63, 3.8) is 0 Å². The van der Waals surface area contributed by atoms with Crippen molar-refractivity contribution in [1.29, 1.82) is 0 Å². The first-order valence-electron chi connectivity index (χ1n) is 8.44. The standard InChI is InChI=1S/C16H34N4O2.HI/c1-5-7-8-9-10-14(3)20-16(17-6-2)19-13-15(21)18-11-12-22-4;/h14H,5-13H2,1-4H3,(H,18,21)(H2,17,19,20);1H. The maximum Gasteiger partial charge on any atom is 0.241 e. The summed E-state index contributed by atoms with van der Waals surface area (Å²) in [6.07, 6.45) is 6.16. The minimum Gasteiger partial charge on any atom is -0.383 e. The molecule has 0 bridgehead atoms. The topological polar surface area (TPSA) is 74.8 Å². The predicted molar refractivity (Wildman–Crippen MR) is 108 cm³/mol. The van der Waals surface area contributed by atoms with Crippen molar-refractivity contribution in [2.24, 2.45) is 4.99 Å². The first-order valence-corrected chi connectivity index (χ1v) is 8.44. The first-order chi connectivity index (χ1) is 10.6. The SMILES string of the molecule is CCCCCCC(C)NC(=NCC(=O)NCCOC)NCC.I. The van der Waals surface area contributed by atoms with Crippen LogP contribution in [0.1, 0.15) is 52.9 Å². The Bertz CT molecular complexity index is 314. The Morgan fingerprint density at radius 2 is 1.91 bits per heavy atom. The molecule has 0 fully saturated rings. The molecule has 0 aliphatic heterocycles. The quantitative estimate of drug-likeness (QED) is 0.188. The van der Waals surface area contributed by atoms with Gasteiger partial charge in [0.25, 0.3) is 0 Å². The van der Waals surface area contributed by atoms with Gasteiger partial charge in [-0.15, -0.1) is 24.0 Å². The van der Waals surface area contributed by atoms with E-state index in [4.69, 9.17) is 4.74 Å². The second kappa shape index (κ2) is 17.8. The number of hydrogen-bond donors (Lipinski definition) is 3. The molecule has 1 amide bonds. The van der Waals surface area contributed by atoms with Gasteiger partial charge in [0.05, 0.1) is 6.61 Å². The van der Waals surface area contributed by atoms with Crippen LogP contribution in [0.5, 0.6) is 0 Å². The molecule has 0 aromatic carbocycles. The van der Waals surface area contributed by atoms with Gasteiger partial charge in [-0.3, -0.25) is 4.79 Å². The molecule has 0 saturated heterocycles. The van der Waals surface area contributed by atoms with E-state index in [1.54, 1.807) is 7.11 Å². The number of nitrogens with zero attached hydrogens (tertiary/aromatic N) is 1. The number of hydrogen-bond acceptors (Lipinski definition) is 3. The van der Waals surface area contributed by atoms with Crippen molar-refractivity contribution >= 4 is 35.8 Å².